The molecule has 1 atom stereocenters. The van der Waals surface area contributed by atoms with Gasteiger partial charge >= 0.3 is 0 Å². The number of thiophene rings is 1. The average molecular weight is 369 g/mol. The maximum Gasteiger partial charge on any atom is 0.135 e. The van der Waals surface area contributed by atoms with Gasteiger partial charge in [0.2, 0.25) is 0 Å². The van der Waals surface area contributed by atoms with Gasteiger partial charge in [0.05, 0.1) is 18.4 Å². The van der Waals surface area contributed by atoms with Crippen LogP contribution in [0.25, 0.3) is 11.3 Å². The number of benzene rings is 1. The largest absolute Gasteiger partial charge is 0.364 e. The molecule has 1 fully saturated rings. The van der Waals surface area contributed by atoms with Gasteiger partial charge in [-0.2, -0.15) is 11.3 Å². The van der Waals surface area contributed by atoms with Crippen LogP contribution >= 0.6 is 11.3 Å². The molecule has 26 heavy (non-hydrogen) atoms. The Balaban J connectivity index is 1.34. The van der Waals surface area contributed by atoms with E-state index in [1.165, 1.54) is 23.4 Å². The summed E-state index contributed by atoms with van der Waals surface area (Å²) in [6.07, 6.45) is 2.97. The summed E-state index contributed by atoms with van der Waals surface area (Å²) in [6, 6.07) is 8.94. The zero-order valence-electron chi connectivity index (χ0n) is 14.4. The predicted octanol–water partition coefficient (Wildman–Crippen LogP) is 3.93. The SMILES string of the molecule is Fc1ccc(CN2CCC3(C2)Cn2c(-c4ccsc4)cnc2CO3)cc1. The van der Waals surface area contributed by atoms with Crippen molar-refractivity contribution in [2.45, 2.75) is 31.7 Å². The van der Waals surface area contributed by atoms with Gasteiger partial charge in [-0.25, -0.2) is 9.37 Å². The number of hydrogen-bond donors (Lipinski definition) is 0. The van der Waals surface area contributed by atoms with E-state index >= 15 is 0 Å². The Labute approximate surface area is 155 Å². The van der Waals surface area contributed by atoms with Crippen LogP contribution in [0, 0.1) is 5.82 Å². The topological polar surface area (TPSA) is 30.3 Å². The standard InChI is InChI=1S/C20H20FN3OS/c21-17-3-1-15(2-4-17)10-23-7-6-20(13-23)14-24-18(16-5-8-26-12-16)9-22-19(24)11-25-20/h1-5,8-9,12H,6-7,10-11,13-14H2. The van der Waals surface area contributed by atoms with E-state index in [-0.39, 0.29) is 11.4 Å². The fraction of sp³-hybridized carbons (Fsp3) is 0.350. The summed E-state index contributed by atoms with van der Waals surface area (Å²) in [5.74, 6) is 0.824. The van der Waals surface area contributed by atoms with E-state index in [0.717, 1.165) is 44.0 Å². The molecular formula is C20H20FN3OS. The van der Waals surface area contributed by atoms with Gasteiger partial charge in [0.15, 0.2) is 0 Å². The van der Waals surface area contributed by atoms with Gasteiger partial charge < -0.3 is 9.30 Å². The number of likely N-dealkylation sites (tertiary alicyclic amines) is 1. The molecule has 2 aliphatic rings. The Bertz CT molecular complexity index is 906. The minimum atomic E-state index is -0.184. The second kappa shape index (κ2) is 6.30. The molecule has 0 N–H and O–H groups in total. The molecule has 3 aromatic rings. The van der Waals surface area contributed by atoms with Crippen molar-refractivity contribution in [1.82, 2.24) is 14.5 Å². The summed E-state index contributed by atoms with van der Waals surface area (Å²) in [6.45, 7) is 4.13. The molecular weight excluding hydrogens is 349 g/mol. The fourth-order valence-corrected chi connectivity index (χ4v) is 4.70. The fourth-order valence-electron chi connectivity index (χ4n) is 4.06. The van der Waals surface area contributed by atoms with Crippen LogP contribution in [0.4, 0.5) is 4.39 Å². The molecule has 5 rings (SSSR count). The zero-order chi connectivity index (χ0) is 17.6. The average Bonchev–Trinajstić information content (AvgIpc) is 3.37. The molecule has 4 heterocycles. The normalized spacial score (nSPS) is 22.8. The summed E-state index contributed by atoms with van der Waals surface area (Å²) in [5.41, 5.74) is 3.40. The third-order valence-electron chi connectivity index (χ3n) is 5.42. The van der Waals surface area contributed by atoms with Gasteiger partial charge in [0.1, 0.15) is 23.8 Å². The molecule has 2 aliphatic heterocycles. The first-order valence-electron chi connectivity index (χ1n) is 8.89. The molecule has 1 saturated heterocycles. The Morgan fingerprint density at radius 3 is 2.88 bits per heavy atom. The third kappa shape index (κ3) is 2.88. The highest BCUT2D eigenvalue weighted by Crippen LogP contribution is 2.36. The number of halogens is 1. The second-order valence-electron chi connectivity index (χ2n) is 7.22. The molecule has 0 aliphatic carbocycles. The number of hydrogen-bond acceptors (Lipinski definition) is 4. The Hall–Kier alpha value is -2.02. The molecule has 6 heteroatoms. The summed E-state index contributed by atoms with van der Waals surface area (Å²) in [4.78, 5) is 6.96. The van der Waals surface area contributed by atoms with E-state index < -0.39 is 0 Å². The lowest BCUT2D eigenvalue weighted by atomic mass is 10.0. The van der Waals surface area contributed by atoms with E-state index in [4.69, 9.17) is 4.74 Å². The smallest absolute Gasteiger partial charge is 0.135 e. The van der Waals surface area contributed by atoms with Crippen molar-refractivity contribution in [2.75, 3.05) is 13.1 Å². The Morgan fingerprint density at radius 2 is 2.08 bits per heavy atom. The summed E-state index contributed by atoms with van der Waals surface area (Å²) < 4.78 is 21.7. The number of aromatic nitrogens is 2. The van der Waals surface area contributed by atoms with Crippen molar-refractivity contribution < 1.29 is 9.13 Å². The van der Waals surface area contributed by atoms with E-state index in [2.05, 4.69) is 31.3 Å². The van der Waals surface area contributed by atoms with Crippen molar-refractivity contribution in [3.8, 4) is 11.3 Å². The summed E-state index contributed by atoms with van der Waals surface area (Å²) in [5, 5.41) is 4.27. The van der Waals surface area contributed by atoms with Gasteiger partial charge in [0.25, 0.3) is 0 Å². The Kier molecular flexibility index (Phi) is 3.92. The quantitative estimate of drug-likeness (QED) is 0.701. The van der Waals surface area contributed by atoms with Crippen molar-refractivity contribution in [2.24, 2.45) is 0 Å². The first-order valence-corrected chi connectivity index (χ1v) is 9.83. The van der Waals surface area contributed by atoms with Crippen LogP contribution in [0.5, 0.6) is 0 Å². The van der Waals surface area contributed by atoms with Crippen molar-refractivity contribution >= 4 is 11.3 Å². The minimum absolute atomic E-state index is 0.154. The summed E-state index contributed by atoms with van der Waals surface area (Å²) >= 11 is 1.71. The van der Waals surface area contributed by atoms with E-state index in [9.17, 15) is 4.39 Å². The van der Waals surface area contributed by atoms with Crippen LogP contribution in [0.2, 0.25) is 0 Å². The van der Waals surface area contributed by atoms with Crippen LogP contribution in [-0.2, 0) is 24.4 Å². The number of imidazole rings is 1. The monoisotopic (exact) mass is 369 g/mol. The highest BCUT2D eigenvalue weighted by atomic mass is 32.1. The first-order chi connectivity index (χ1) is 12.7. The number of rotatable bonds is 3. The van der Waals surface area contributed by atoms with Crippen molar-refractivity contribution in [1.29, 1.82) is 0 Å². The lowest BCUT2D eigenvalue weighted by molar-refractivity contribution is -0.0821. The molecule has 1 spiro atoms. The molecule has 1 unspecified atom stereocenters. The third-order valence-corrected chi connectivity index (χ3v) is 6.11. The molecule has 4 nitrogen and oxygen atoms in total. The molecule has 0 amide bonds. The van der Waals surface area contributed by atoms with E-state index in [1.807, 2.05) is 18.3 Å². The predicted molar refractivity (Wildman–Crippen MR) is 99.4 cm³/mol. The van der Waals surface area contributed by atoms with E-state index in [0.29, 0.717) is 6.61 Å². The molecule has 1 aromatic carbocycles. The highest BCUT2D eigenvalue weighted by molar-refractivity contribution is 7.08. The maximum atomic E-state index is 13.1. The van der Waals surface area contributed by atoms with Crippen LogP contribution < -0.4 is 0 Å². The van der Waals surface area contributed by atoms with Gasteiger partial charge in [-0.15, -0.1) is 0 Å². The first kappa shape index (κ1) is 16.2. The van der Waals surface area contributed by atoms with Gasteiger partial charge in [-0.3, -0.25) is 4.90 Å². The molecule has 0 saturated carbocycles. The lowest BCUT2D eigenvalue weighted by Crippen LogP contribution is -2.44. The molecule has 0 bridgehead atoms. The zero-order valence-corrected chi connectivity index (χ0v) is 15.2. The molecule has 0 radical (unpaired) electrons. The highest BCUT2D eigenvalue weighted by Gasteiger charge is 2.43. The van der Waals surface area contributed by atoms with Gasteiger partial charge in [-0.1, -0.05) is 12.1 Å². The van der Waals surface area contributed by atoms with Gasteiger partial charge in [0, 0.05) is 30.6 Å². The lowest BCUT2D eigenvalue weighted by Gasteiger charge is -2.35. The van der Waals surface area contributed by atoms with Gasteiger partial charge in [-0.05, 0) is 35.6 Å². The van der Waals surface area contributed by atoms with Crippen LogP contribution in [0.15, 0.2) is 47.3 Å². The minimum Gasteiger partial charge on any atom is -0.364 e. The summed E-state index contributed by atoms with van der Waals surface area (Å²) in [7, 11) is 0. The van der Waals surface area contributed by atoms with Crippen LogP contribution in [0.1, 0.15) is 17.8 Å². The van der Waals surface area contributed by atoms with Crippen LogP contribution in [0.3, 0.4) is 0 Å². The van der Waals surface area contributed by atoms with Crippen molar-refractivity contribution in [3.63, 3.8) is 0 Å². The maximum absolute atomic E-state index is 13.1. The number of nitrogens with zero attached hydrogens (tertiary/aromatic N) is 3. The van der Waals surface area contributed by atoms with Crippen molar-refractivity contribution in [3.05, 3.63) is 64.5 Å². The van der Waals surface area contributed by atoms with Crippen LogP contribution in [-0.4, -0.2) is 33.1 Å². The molecule has 2 aromatic heterocycles. The molecule has 134 valence electrons. The Morgan fingerprint density at radius 1 is 1.19 bits per heavy atom. The second-order valence-corrected chi connectivity index (χ2v) is 8.00. The number of ether oxygens (including phenoxy) is 1. The number of fused-ring (bicyclic) bond motifs is 1. The van der Waals surface area contributed by atoms with E-state index in [1.54, 1.807) is 11.3 Å².